The molecule has 0 aliphatic heterocycles. The van der Waals surface area contributed by atoms with Gasteiger partial charge in [0.2, 0.25) is 0 Å². The molecule has 0 N–H and O–H groups in total. The molecule has 19 heavy (non-hydrogen) atoms. The van der Waals surface area contributed by atoms with Crippen molar-refractivity contribution in [3.05, 3.63) is 12.2 Å². The van der Waals surface area contributed by atoms with E-state index in [1.165, 1.54) is 50.2 Å². The van der Waals surface area contributed by atoms with Crippen molar-refractivity contribution in [2.75, 3.05) is 6.61 Å². The summed E-state index contributed by atoms with van der Waals surface area (Å²) in [5.41, 5.74) is 0. The second kappa shape index (κ2) is 7.08. The Balaban J connectivity index is 1.89. The van der Waals surface area contributed by atoms with E-state index in [-0.39, 0.29) is 0 Å². The fourth-order valence-electron chi connectivity index (χ4n) is 4.48. The van der Waals surface area contributed by atoms with Gasteiger partial charge in [-0.2, -0.15) is 0 Å². The van der Waals surface area contributed by atoms with Gasteiger partial charge in [0.15, 0.2) is 8.32 Å². The zero-order valence-corrected chi connectivity index (χ0v) is 14.2. The van der Waals surface area contributed by atoms with Gasteiger partial charge < -0.3 is 4.43 Å². The maximum atomic E-state index is 6.37. The van der Waals surface area contributed by atoms with E-state index in [0.29, 0.717) is 0 Å². The quantitative estimate of drug-likeness (QED) is 0.406. The molecule has 0 spiro atoms. The lowest BCUT2D eigenvalue weighted by molar-refractivity contribution is 0.309. The van der Waals surface area contributed by atoms with Gasteiger partial charge in [0.1, 0.15) is 0 Å². The van der Waals surface area contributed by atoms with Gasteiger partial charge in [-0.05, 0) is 55.7 Å². The first-order chi connectivity index (χ1) is 9.23. The van der Waals surface area contributed by atoms with Crippen molar-refractivity contribution in [2.24, 2.45) is 17.8 Å². The van der Waals surface area contributed by atoms with Crippen molar-refractivity contribution in [3.8, 4) is 0 Å². The second-order valence-electron chi connectivity index (χ2n) is 6.70. The fourth-order valence-corrected chi connectivity index (χ4v) is 9.00. The summed E-state index contributed by atoms with van der Waals surface area (Å²) in [7, 11) is -1.41. The van der Waals surface area contributed by atoms with Crippen LogP contribution in [0.3, 0.4) is 0 Å². The van der Waals surface area contributed by atoms with Crippen molar-refractivity contribution < 1.29 is 4.43 Å². The van der Waals surface area contributed by atoms with Gasteiger partial charge in [0.05, 0.1) is 0 Å². The zero-order valence-electron chi connectivity index (χ0n) is 13.2. The molecule has 0 aromatic rings. The second-order valence-corrected chi connectivity index (χ2v) is 10.8. The monoisotopic (exact) mass is 280 g/mol. The minimum absolute atomic E-state index is 0.918. The van der Waals surface area contributed by atoms with E-state index in [4.69, 9.17) is 4.43 Å². The van der Waals surface area contributed by atoms with Crippen molar-refractivity contribution in [1.82, 2.24) is 0 Å². The molecule has 2 bridgehead atoms. The number of fused-ring (bicyclic) bond motifs is 2. The first-order valence-electron chi connectivity index (χ1n) is 8.55. The number of rotatable bonds is 9. The van der Waals surface area contributed by atoms with E-state index < -0.39 is 8.32 Å². The lowest BCUT2D eigenvalue weighted by Crippen LogP contribution is -2.38. The van der Waals surface area contributed by atoms with E-state index >= 15 is 0 Å². The van der Waals surface area contributed by atoms with Crippen LogP contribution in [0.1, 0.15) is 52.9 Å². The van der Waals surface area contributed by atoms with E-state index in [2.05, 4.69) is 32.9 Å². The molecule has 0 aromatic heterocycles. The van der Waals surface area contributed by atoms with Crippen LogP contribution in [0.25, 0.3) is 0 Å². The minimum Gasteiger partial charge on any atom is -0.417 e. The molecule has 1 saturated carbocycles. The van der Waals surface area contributed by atoms with Crippen molar-refractivity contribution in [1.29, 1.82) is 0 Å². The van der Waals surface area contributed by atoms with Crippen molar-refractivity contribution in [2.45, 2.75) is 71.0 Å². The van der Waals surface area contributed by atoms with Crippen LogP contribution in [-0.2, 0) is 4.43 Å². The summed E-state index contributed by atoms with van der Waals surface area (Å²) in [6.45, 7) is 7.78. The van der Waals surface area contributed by atoms with E-state index in [0.717, 1.165) is 24.4 Å². The van der Waals surface area contributed by atoms with Gasteiger partial charge in [-0.3, -0.25) is 0 Å². The van der Waals surface area contributed by atoms with Gasteiger partial charge in [0.25, 0.3) is 0 Å². The van der Waals surface area contributed by atoms with E-state index in [1.54, 1.807) is 0 Å². The predicted molar refractivity (Wildman–Crippen MR) is 85.8 cm³/mol. The molecule has 0 aromatic carbocycles. The summed E-state index contributed by atoms with van der Waals surface area (Å²) in [4.78, 5) is 0. The SMILES string of the molecule is CCC[Si](CCC)(CCC1CC2C=CC1C2)OCC. The van der Waals surface area contributed by atoms with Gasteiger partial charge in [-0.15, -0.1) is 0 Å². The Labute approximate surface area is 120 Å². The Morgan fingerprint density at radius 3 is 2.21 bits per heavy atom. The highest BCUT2D eigenvalue weighted by Gasteiger charge is 2.39. The molecule has 0 heterocycles. The molecule has 3 atom stereocenters. The smallest absolute Gasteiger partial charge is 0.192 e. The number of hydrogen-bond acceptors (Lipinski definition) is 1. The highest BCUT2D eigenvalue weighted by atomic mass is 28.4. The summed E-state index contributed by atoms with van der Waals surface area (Å²) in [5, 5.41) is 0. The molecule has 0 radical (unpaired) electrons. The lowest BCUT2D eigenvalue weighted by Gasteiger charge is -2.32. The first kappa shape index (κ1) is 15.3. The molecule has 2 rings (SSSR count). The third-order valence-corrected chi connectivity index (χ3v) is 10.2. The third kappa shape index (κ3) is 3.72. The van der Waals surface area contributed by atoms with Gasteiger partial charge >= 0.3 is 0 Å². The summed E-state index contributed by atoms with van der Waals surface area (Å²) in [5.74, 6) is 2.83. The van der Waals surface area contributed by atoms with Crippen LogP contribution >= 0.6 is 0 Å². The molecular weight excluding hydrogens is 248 g/mol. The molecule has 1 nitrogen and oxygen atoms in total. The van der Waals surface area contributed by atoms with Gasteiger partial charge in [-0.1, -0.05) is 45.3 Å². The van der Waals surface area contributed by atoms with Crippen molar-refractivity contribution in [3.63, 3.8) is 0 Å². The largest absolute Gasteiger partial charge is 0.417 e. The Hall–Kier alpha value is -0.0831. The summed E-state index contributed by atoms with van der Waals surface area (Å²) >= 11 is 0. The summed E-state index contributed by atoms with van der Waals surface area (Å²) < 4.78 is 6.37. The number of allylic oxidation sites excluding steroid dienone is 2. The highest BCUT2D eigenvalue weighted by Crippen LogP contribution is 2.46. The average Bonchev–Trinajstić information content (AvgIpc) is 2.99. The maximum absolute atomic E-state index is 6.37. The molecule has 0 amide bonds. The van der Waals surface area contributed by atoms with Crippen LogP contribution in [-0.4, -0.2) is 14.9 Å². The van der Waals surface area contributed by atoms with Crippen LogP contribution in [0.2, 0.25) is 18.1 Å². The Morgan fingerprint density at radius 1 is 1.00 bits per heavy atom. The molecule has 1 fully saturated rings. The Bertz CT molecular complexity index is 283. The fraction of sp³-hybridized carbons (Fsp3) is 0.882. The Kier molecular flexibility index (Phi) is 5.70. The van der Waals surface area contributed by atoms with E-state index in [1.807, 2.05) is 0 Å². The molecule has 0 saturated heterocycles. The number of hydrogen-bond donors (Lipinski definition) is 0. The highest BCUT2D eigenvalue weighted by molar-refractivity contribution is 6.73. The standard InChI is InChI=1S/C17H32OSi/c1-4-10-19(11-5-2,18-6-3)12-9-17-14-15-7-8-16(17)13-15/h7-8,15-17H,4-6,9-14H2,1-3H3. The molecule has 2 aliphatic rings. The lowest BCUT2D eigenvalue weighted by atomic mass is 9.91. The average molecular weight is 281 g/mol. The van der Waals surface area contributed by atoms with Crippen molar-refractivity contribution >= 4 is 8.32 Å². The van der Waals surface area contributed by atoms with Gasteiger partial charge in [-0.25, -0.2) is 0 Å². The Morgan fingerprint density at radius 2 is 1.74 bits per heavy atom. The summed E-state index contributed by atoms with van der Waals surface area (Å²) in [6.07, 6.45) is 11.9. The minimum atomic E-state index is -1.41. The first-order valence-corrected chi connectivity index (χ1v) is 11.1. The predicted octanol–water partition coefficient (Wildman–Crippen LogP) is 5.39. The summed E-state index contributed by atoms with van der Waals surface area (Å²) in [6, 6.07) is 4.18. The maximum Gasteiger partial charge on any atom is 0.192 e. The van der Waals surface area contributed by atoms with Crippen LogP contribution in [0.4, 0.5) is 0 Å². The molecule has 110 valence electrons. The van der Waals surface area contributed by atoms with Crippen LogP contribution in [0, 0.1) is 17.8 Å². The normalized spacial score (nSPS) is 29.3. The van der Waals surface area contributed by atoms with Crippen LogP contribution < -0.4 is 0 Å². The molecular formula is C17H32OSi. The zero-order chi connectivity index (χ0) is 13.7. The van der Waals surface area contributed by atoms with E-state index in [9.17, 15) is 0 Å². The third-order valence-electron chi connectivity index (χ3n) is 5.25. The van der Waals surface area contributed by atoms with Crippen LogP contribution in [0.5, 0.6) is 0 Å². The molecule has 3 unspecified atom stereocenters. The molecule has 2 heteroatoms. The van der Waals surface area contributed by atoms with Gasteiger partial charge in [0, 0.05) is 6.61 Å². The topological polar surface area (TPSA) is 9.23 Å². The van der Waals surface area contributed by atoms with Crippen LogP contribution in [0.15, 0.2) is 12.2 Å². The molecule has 2 aliphatic carbocycles.